The Hall–Kier alpha value is -0.530. The summed E-state index contributed by atoms with van der Waals surface area (Å²) in [6.45, 7) is 15.0. The molecule has 1 unspecified atom stereocenters. The second-order valence-corrected chi connectivity index (χ2v) is 6.85. The van der Waals surface area contributed by atoms with Crippen LogP contribution >= 0.6 is 0 Å². The normalized spacial score (nSPS) is 13.7. The van der Waals surface area contributed by atoms with Crippen LogP contribution in [0.5, 0.6) is 0 Å². The molecule has 18 heavy (non-hydrogen) atoms. The highest BCUT2D eigenvalue weighted by molar-refractivity contribution is 5.72. The third kappa shape index (κ3) is 8.54. The quantitative estimate of drug-likeness (QED) is 0.590. The zero-order valence-electron chi connectivity index (χ0n) is 13.3. The van der Waals surface area contributed by atoms with Gasteiger partial charge in [-0.05, 0) is 37.0 Å². The fraction of sp³-hybridized carbons (Fsp3) is 0.938. The van der Waals surface area contributed by atoms with Gasteiger partial charge in [0.15, 0.2) is 0 Å². The molecule has 0 aromatic heterocycles. The highest BCUT2D eigenvalue weighted by Gasteiger charge is 2.22. The van der Waals surface area contributed by atoms with Gasteiger partial charge < -0.3 is 4.74 Å². The van der Waals surface area contributed by atoms with E-state index in [4.69, 9.17) is 4.74 Å². The van der Waals surface area contributed by atoms with Crippen molar-refractivity contribution in [2.45, 2.75) is 73.8 Å². The van der Waals surface area contributed by atoms with Crippen LogP contribution in [0.15, 0.2) is 0 Å². The van der Waals surface area contributed by atoms with Crippen LogP contribution in [0.2, 0.25) is 0 Å². The van der Waals surface area contributed by atoms with Crippen LogP contribution < -0.4 is 0 Å². The SMILES string of the molecule is CC(C)CC(CC(C)C)OC(=O)C(C)CC(C)C. The van der Waals surface area contributed by atoms with Gasteiger partial charge in [0.25, 0.3) is 0 Å². The summed E-state index contributed by atoms with van der Waals surface area (Å²) in [5.41, 5.74) is 0. The summed E-state index contributed by atoms with van der Waals surface area (Å²) in [5.74, 6) is 1.69. The zero-order valence-corrected chi connectivity index (χ0v) is 13.3. The molecule has 0 saturated carbocycles. The number of hydrogen-bond donors (Lipinski definition) is 0. The Morgan fingerprint density at radius 2 is 1.17 bits per heavy atom. The van der Waals surface area contributed by atoms with Crippen LogP contribution in [0.1, 0.15) is 67.7 Å². The molecule has 0 rings (SSSR count). The molecule has 0 aromatic rings. The van der Waals surface area contributed by atoms with E-state index in [-0.39, 0.29) is 18.0 Å². The fourth-order valence-electron chi connectivity index (χ4n) is 2.33. The van der Waals surface area contributed by atoms with Crippen LogP contribution in [0.25, 0.3) is 0 Å². The number of ether oxygens (including phenoxy) is 1. The van der Waals surface area contributed by atoms with Crippen molar-refractivity contribution in [3.63, 3.8) is 0 Å². The molecular formula is C16H32O2. The molecule has 1 atom stereocenters. The van der Waals surface area contributed by atoms with Crippen molar-refractivity contribution >= 4 is 5.97 Å². The first-order valence-electron chi connectivity index (χ1n) is 7.42. The fourth-order valence-corrected chi connectivity index (χ4v) is 2.33. The van der Waals surface area contributed by atoms with Crippen LogP contribution in [0, 0.1) is 23.7 Å². The van der Waals surface area contributed by atoms with E-state index in [0.717, 1.165) is 19.3 Å². The average molecular weight is 256 g/mol. The molecule has 0 spiro atoms. The highest BCUT2D eigenvalue weighted by Crippen LogP contribution is 2.20. The van der Waals surface area contributed by atoms with Gasteiger partial charge in [-0.25, -0.2) is 0 Å². The van der Waals surface area contributed by atoms with Crippen molar-refractivity contribution in [3.05, 3.63) is 0 Å². The molecule has 0 aromatic carbocycles. The van der Waals surface area contributed by atoms with Crippen molar-refractivity contribution < 1.29 is 9.53 Å². The smallest absolute Gasteiger partial charge is 0.308 e. The molecule has 0 N–H and O–H groups in total. The van der Waals surface area contributed by atoms with E-state index >= 15 is 0 Å². The number of esters is 1. The van der Waals surface area contributed by atoms with E-state index in [2.05, 4.69) is 41.5 Å². The molecule has 0 heterocycles. The largest absolute Gasteiger partial charge is 0.462 e. The number of hydrogen-bond acceptors (Lipinski definition) is 2. The minimum Gasteiger partial charge on any atom is -0.462 e. The lowest BCUT2D eigenvalue weighted by molar-refractivity contribution is -0.155. The Morgan fingerprint density at radius 1 is 0.778 bits per heavy atom. The first kappa shape index (κ1) is 17.5. The van der Waals surface area contributed by atoms with E-state index in [1.807, 2.05) is 6.92 Å². The summed E-state index contributed by atoms with van der Waals surface area (Å²) in [6, 6.07) is 0. The van der Waals surface area contributed by atoms with E-state index in [0.29, 0.717) is 17.8 Å². The Balaban J connectivity index is 4.33. The zero-order chi connectivity index (χ0) is 14.3. The first-order valence-corrected chi connectivity index (χ1v) is 7.42. The predicted octanol–water partition coefficient (Wildman–Crippen LogP) is 4.67. The van der Waals surface area contributed by atoms with Crippen LogP contribution in [-0.4, -0.2) is 12.1 Å². The summed E-state index contributed by atoms with van der Waals surface area (Å²) in [4.78, 5) is 12.0. The molecule has 0 aliphatic rings. The van der Waals surface area contributed by atoms with E-state index in [1.54, 1.807) is 0 Å². The van der Waals surface area contributed by atoms with Crippen LogP contribution in [-0.2, 0) is 9.53 Å². The lowest BCUT2D eigenvalue weighted by Gasteiger charge is -2.23. The van der Waals surface area contributed by atoms with Gasteiger partial charge in [-0.3, -0.25) is 4.79 Å². The lowest BCUT2D eigenvalue weighted by Crippen LogP contribution is -2.26. The van der Waals surface area contributed by atoms with Crippen molar-refractivity contribution in [2.75, 3.05) is 0 Å². The van der Waals surface area contributed by atoms with E-state index in [9.17, 15) is 4.79 Å². The second-order valence-electron chi connectivity index (χ2n) is 6.85. The maximum atomic E-state index is 12.0. The molecule has 0 aliphatic heterocycles. The molecular weight excluding hydrogens is 224 g/mol. The topological polar surface area (TPSA) is 26.3 Å². The molecule has 0 radical (unpaired) electrons. The minimum absolute atomic E-state index is 0.0185. The number of carbonyl (C=O) groups is 1. The summed E-state index contributed by atoms with van der Waals surface area (Å²) in [7, 11) is 0. The predicted molar refractivity (Wildman–Crippen MR) is 77.4 cm³/mol. The van der Waals surface area contributed by atoms with Crippen molar-refractivity contribution in [2.24, 2.45) is 23.7 Å². The maximum Gasteiger partial charge on any atom is 0.308 e. The standard InChI is InChI=1S/C16H32O2/c1-11(2)8-14(7)16(17)18-15(9-12(3)4)10-13(5)6/h11-15H,8-10H2,1-7H3. The Morgan fingerprint density at radius 3 is 1.50 bits per heavy atom. The van der Waals surface area contributed by atoms with Crippen molar-refractivity contribution in [1.29, 1.82) is 0 Å². The third-order valence-electron chi connectivity index (χ3n) is 2.98. The van der Waals surface area contributed by atoms with Gasteiger partial charge in [0, 0.05) is 0 Å². The minimum atomic E-state index is -0.0185. The number of rotatable bonds is 8. The van der Waals surface area contributed by atoms with Crippen molar-refractivity contribution in [3.8, 4) is 0 Å². The van der Waals surface area contributed by atoms with Gasteiger partial charge in [0.2, 0.25) is 0 Å². The Bertz CT molecular complexity index is 221. The van der Waals surface area contributed by atoms with E-state index in [1.165, 1.54) is 0 Å². The molecule has 0 bridgehead atoms. The average Bonchev–Trinajstić information content (AvgIpc) is 2.13. The summed E-state index contributed by atoms with van der Waals surface area (Å²) in [5, 5.41) is 0. The van der Waals surface area contributed by atoms with Crippen LogP contribution in [0.3, 0.4) is 0 Å². The molecule has 0 saturated heterocycles. The Kier molecular flexibility index (Phi) is 8.30. The molecule has 2 nitrogen and oxygen atoms in total. The van der Waals surface area contributed by atoms with Gasteiger partial charge in [-0.2, -0.15) is 0 Å². The monoisotopic (exact) mass is 256 g/mol. The van der Waals surface area contributed by atoms with E-state index < -0.39 is 0 Å². The van der Waals surface area contributed by atoms with Gasteiger partial charge in [-0.1, -0.05) is 48.5 Å². The maximum absolute atomic E-state index is 12.0. The number of carbonyl (C=O) groups excluding carboxylic acids is 1. The van der Waals surface area contributed by atoms with Crippen LogP contribution in [0.4, 0.5) is 0 Å². The summed E-state index contributed by atoms with van der Waals surface area (Å²) in [6.07, 6.45) is 2.94. The van der Waals surface area contributed by atoms with Gasteiger partial charge in [0.1, 0.15) is 6.10 Å². The first-order chi connectivity index (χ1) is 8.22. The molecule has 0 aliphatic carbocycles. The Labute approximate surface area is 113 Å². The highest BCUT2D eigenvalue weighted by atomic mass is 16.5. The van der Waals surface area contributed by atoms with Gasteiger partial charge in [-0.15, -0.1) is 0 Å². The van der Waals surface area contributed by atoms with Crippen molar-refractivity contribution in [1.82, 2.24) is 0 Å². The lowest BCUT2D eigenvalue weighted by atomic mass is 9.96. The van der Waals surface area contributed by atoms with Gasteiger partial charge in [0.05, 0.1) is 5.92 Å². The third-order valence-corrected chi connectivity index (χ3v) is 2.98. The molecule has 0 amide bonds. The second kappa shape index (κ2) is 8.55. The molecule has 0 fully saturated rings. The summed E-state index contributed by atoms with van der Waals surface area (Å²) >= 11 is 0. The summed E-state index contributed by atoms with van der Waals surface area (Å²) < 4.78 is 5.70. The van der Waals surface area contributed by atoms with Gasteiger partial charge >= 0.3 is 5.97 Å². The molecule has 2 heteroatoms. The molecule has 108 valence electrons.